The summed E-state index contributed by atoms with van der Waals surface area (Å²) in [6, 6.07) is 0. The number of carbonyl (C=O) groups excluding carboxylic acids is 2. The molecule has 0 fully saturated rings. The third kappa shape index (κ3) is 5.58. The zero-order valence-corrected chi connectivity index (χ0v) is 7.17. The molecular weight excluding hydrogens is 160 g/mol. The van der Waals surface area contributed by atoms with Crippen molar-refractivity contribution in [2.45, 2.75) is 19.8 Å². The molecule has 0 heterocycles. The van der Waals surface area contributed by atoms with E-state index in [1.807, 2.05) is 0 Å². The summed E-state index contributed by atoms with van der Waals surface area (Å²) in [5.41, 5.74) is 0. The second-order valence-corrected chi connectivity index (χ2v) is 2.03. The van der Waals surface area contributed by atoms with E-state index in [-0.39, 0.29) is 25.4 Å². The molecule has 0 N–H and O–H groups in total. The minimum absolute atomic E-state index is 0.0638. The standard InChI is InChI=1S/C8H13O4/c1-3-11-7(9)5-6-8(10)12-4-2/h1,3-6H2,2H3/q+1. The Kier molecular flexibility index (Phi) is 5.87. The lowest BCUT2D eigenvalue weighted by Gasteiger charge is -1.99. The molecule has 0 radical (unpaired) electrons. The smallest absolute Gasteiger partial charge is 0.309 e. The molecule has 0 aliphatic carbocycles. The van der Waals surface area contributed by atoms with E-state index >= 15 is 0 Å². The zero-order chi connectivity index (χ0) is 9.40. The summed E-state index contributed by atoms with van der Waals surface area (Å²) in [6.45, 7) is 5.48. The van der Waals surface area contributed by atoms with Gasteiger partial charge in [-0.15, -0.1) is 0 Å². The molecule has 4 nitrogen and oxygen atoms in total. The van der Waals surface area contributed by atoms with Gasteiger partial charge in [0.25, 0.3) is 0 Å². The summed E-state index contributed by atoms with van der Waals surface area (Å²) in [4.78, 5) is 21.4. The molecule has 0 spiro atoms. The number of ether oxygens (including phenoxy) is 2. The average Bonchev–Trinajstić information content (AvgIpc) is 2.02. The van der Waals surface area contributed by atoms with Gasteiger partial charge in [0.2, 0.25) is 6.61 Å². The Hall–Kier alpha value is -1.19. The van der Waals surface area contributed by atoms with Gasteiger partial charge in [0.15, 0.2) is 0 Å². The molecule has 0 aliphatic heterocycles. The van der Waals surface area contributed by atoms with Crippen LogP contribution in [-0.2, 0) is 19.1 Å². The van der Waals surface area contributed by atoms with Crippen molar-refractivity contribution in [2.75, 3.05) is 13.2 Å². The van der Waals surface area contributed by atoms with E-state index < -0.39 is 5.97 Å². The Morgan fingerprint density at radius 1 is 1.17 bits per heavy atom. The van der Waals surface area contributed by atoms with Crippen LogP contribution in [0.25, 0.3) is 0 Å². The molecule has 0 aromatic carbocycles. The van der Waals surface area contributed by atoms with Crippen LogP contribution in [0.15, 0.2) is 0 Å². The third-order valence-electron chi connectivity index (χ3n) is 1.10. The van der Waals surface area contributed by atoms with Crippen LogP contribution in [0.2, 0.25) is 0 Å². The van der Waals surface area contributed by atoms with E-state index in [9.17, 15) is 9.59 Å². The van der Waals surface area contributed by atoms with E-state index in [0.717, 1.165) is 0 Å². The number of hydrogen-bond donors (Lipinski definition) is 0. The van der Waals surface area contributed by atoms with Gasteiger partial charge in [0.05, 0.1) is 19.4 Å². The highest BCUT2D eigenvalue weighted by Gasteiger charge is 2.07. The maximum absolute atomic E-state index is 10.7. The number of hydrogen-bond acceptors (Lipinski definition) is 4. The maximum Gasteiger partial charge on any atom is 0.309 e. The molecule has 0 amide bonds. The fourth-order valence-electron chi connectivity index (χ4n) is 0.623. The Bertz CT molecular complexity index is 135. The molecular formula is C8H13O4+. The second kappa shape index (κ2) is 6.52. The van der Waals surface area contributed by atoms with Gasteiger partial charge in [0.1, 0.15) is 6.92 Å². The highest BCUT2D eigenvalue weighted by molar-refractivity contribution is 5.77. The van der Waals surface area contributed by atoms with Gasteiger partial charge < -0.3 is 9.47 Å². The summed E-state index contributed by atoms with van der Waals surface area (Å²) in [5, 5.41) is 0. The Morgan fingerprint density at radius 3 is 2.08 bits per heavy atom. The van der Waals surface area contributed by atoms with Gasteiger partial charge in [-0.1, -0.05) is 0 Å². The Labute approximate surface area is 71.8 Å². The van der Waals surface area contributed by atoms with Crippen molar-refractivity contribution in [1.82, 2.24) is 0 Å². The highest BCUT2D eigenvalue weighted by Crippen LogP contribution is 1.95. The molecule has 4 heteroatoms. The monoisotopic (exact) mass is 173 g/mol. The average molecular weight is 173 g/mol. The van der Waals surface area contributed by atoms with Crippen molar-refractivity contribution < 1.29 is 19.1 Å². The minimum Gasteiger partial charge on any atom is -0.466 e. The van der Waals surface area contributed by atoms with Gasteiger partial charge in [0, 0.05) is 0 Å². The first-order chi connectivity index (χ1) is 5.70. The normalized spacial score (nSPS) is 9.08. The van der Waals surface area contributed by atoms with Crippen LogP contribution >= 0.6 is 0 Å². The van der Waals surface area contributed by atoms with E-state index in [0.29, 0.717) is 6.61 Å². The zero-order valence-electron chi connectivity index (χ0n) is 7.17. The van der Waals surface area contributed by atoms with E-state index in [1.54, 1.807) is 6.92 Å². The Balaban J connectivity index is 3.40. The van der Waals surface area contributed by atoms with Crippen molar-refractivity contribution in [2.24, 2.45) is 0 Å². The van der Waals surface area contributed by atoms with Crippen molar-refractivity contribution in [3.63, 3.8) is 0 Å². The predicted octanol–water partition coefficient (Wildman–Crippen LogP) is 0.707. The molecule has 0 aromatic heterocycles. The quantitative estimate of drug-likeness (QED) is 0.453. The first kappa shape index (κ1) is 10.8. The lowest BCUT2D eigenvalue weighted by Crippen LogP contribution is -2.09. The SMILES string of the molecule is [CH2+]COC(=O)CCC(=O)OCC. The van der Waals surface area contributed by atoms with E-state index in [4.69, 9.17) is 0 Å². The molecule has 0 unspecified atom stereocenters. The molecule has 0 aliphatic rings. The van der Waals surface area contributed by atoms with Crippen LogP contribution < -0.4 is 0 Å². The van der Waals surface area contributed by atoms with Gasteiger partial charge >= 0.3 is 11.9 Å². The second-order valence-electron chi connectivity index (χ2n) is 2.03. The molecule has 0 atom stereocenters. The van der Waals surface area contributed by atoms with Crippen molar-refractivity contribution in [1.29, 1.82) is 0 Å². The number of rotatable bonds is 5. The molecule has 0 saturated carbocycles. The van der Waals surface area contributed by atoms with Gasteiger partial charge in [-0.2, -0.15) is 0 Å². The molecule has 12 heavy (non-hydrogen) atoms. The van der Waals surface area contributed by atoms with Gasteiger partial charge in [-0.05, 0) is 6.92 Å². The molecule has 0 aromatic rings. The van der Waals surface area contributed by atoms with E-state index in [1.165, 1.54) is 0 Å². The van der Waals surface area contributed by atoms with Crippen molar-refractivity contribution in [3.05, 3.63) is 6.92 Å². The van der Waals surface area contributed by atoms with Crippen LogP contribution in [0.4, 0.5) is 0 Å². The maximum atomic E-state index is 10.7. The van der Waals surface area contributed by atoms with Crippen LogP contribution in [0, 0.1) is 6.92 Å². The van der Waals surface area contributed by atoms with Crippen LogP contribution in [0.3, 0.4) is 0 Å². The van der Waals surface area contributed by atoms with Crippen LogP contribution in [0.5, 0.6) is 0 Å². The fourth-order valence-corrected chi connectivity index (χ4v) is 0.623. The summed E-state index contributed by atoms with van der Waals surface area (Å²) >= 11 is 0. The molecule has 0 saturated heterocycles. The van der Waals surface area contributed by atoms with Crippen LogP contribution in [-0.4, -0.2) is 25.2 Å². The highest BCUT2D eigenvalue weighted by atomic mass is 16.5. The summed E-state index contributed by atoms with van der Waals surface area (Å²) in [5.74, 6) is -0.795. The van der Waals surface area contributed by atoms with Crippen LogP contribution in [0.1, 0.15) is 19.8 Å². The van der Waals surface area contributed by atoms with Crippen molar-refractivity contribution >= 4 is 11.9 Å². The van der Waals surface area contributed by atoms with Gasteiger partial charge in [-0.3, -0.25) is 9.59 Å². The predicted molar refractivity (Wildman–Crippen MR) is 42.2 cm³/mol. The summed E-state index contributed by atoms with van der Waals surface area (Å²) < 4.78 is 9.12. The van der Waals surface area contributed by atoms with E-state index in [2.05, 4.69) is 16.4 Å². The first-order valence-corrected chi connectivity index (χ1v) is 3.81. The fraction of sp³-hybridized carbons (Fsp3) is 0.625. The summed E-state index contributed by atoms with van der Waals surface area (Å²) in [6.07, 6.45) is 0.140. The molecule has 0 rings (SSSR count). The van der Waals surface area contributed by atoms with Gasteiger partial charge in [-0.25, -0.2) is 0 Å². The number of carbonyl (C=O) groups is 2. The minimum atomic E-state index is -0.418. The summed E-state index contributed by atoms with van der Waals surface area (Å²) in [7, 11) is 0. The third-order valence-corrected chi connectivity index (χ3v) is 1.10. The topological polar surface area (TPSA) is 52.6 Å². The van der Waals surface area contributed by atoms with Crippen molar-refractivity contribution in [3.8, 4) is 0 Å². The lowest BCUT2D eigenvalue weighted by molar-refractivity contribution is -0.149. The first-order valence-electron chi connectivity index (χ1n) is 3.81. The molecule has 68 valence electrons. The Morgan fingerprint density at radius 2 is 1.67 bits per heavy atom. The largest absolute Gasteiger partial charge is 0.466 e. The number of esters is 2. The molecule has 0 bridgehead atoms. The lowest BCUT2D eigenvalue weighted by atomic mass is 10.3.